The van der Waals surface area contributed by atoms with E-state index in [-0.39, 0.29) is 5.91 Å². The number of hydrogen-bond acceptors (Lipinski definition) is 2. The number of aromatic amines is 1. The number of carbonyl (C=O) groups is 1. The van der Waals surface area contributed by atoms with E-state index >= 15 is 0 Å². The van der Waals surface area contributed by atoms with E-state index in [2.05, 4.69) is 15.5 Å². The molecule has 1 aliphatic rings. The molecule has 0 saturated heterocycles. The van der Waals surface area contributed by atoms with Crippen LogP contribution in [0.3, 0.4) is 0 Å². The molecule has 2 N–H and O–H groups in total. The van der Waals surface area contributed by atoms with Crippen molar-refractivity contribution in [2.75, 3.05) is 5.32 Å². The number of benzene rings is 2. The van der Waals surface area contributed by atoms with Crippen molar-refractivity contribution in [3.63, 3.8) is 0 Å². The lowest BCUT2D eigenvalue weighted by molar-refractivity contribution is 0.102. The lowest BCUT2D eigenvalue weighted by Crippen LogP contribution is -2.12. The molecule has 104 valence electrons. The summed E-state index contributed by atoms with van der Waals surface area (Å²) in [4.78, 5) is 12.3. The van der Waals surface area contributed by atoms with Crippen LogP contribution in [0.15, 0.2) is 48.5 Å². The number of aromatic nitrogens is 2. The molecule has 1 aromatic heterocycles. The van der Waals surface area contributed by atoms with Gasteiger partial charge in [0.2, 0.25) is 0 Å². The van der Waals surface area contributed by atoms with Crippen LogP contribution >= 0.6 is 0 Å². The number of nitrogens with zero attached hydrogens (tertiary/aromatic N) is 1. The first-order chi connectivity index (χ1) is 10.3. The first-order valence-corrected chi connectivity index (χ1v) is 7.15. The van der Waals surface area contributed by atoms with Crippen LogP contribution in [-0.4, -0.2) is 16.1 Å². The molecular weight excluding hydrogens is 262 g/mol. The van der Waals surface area contributed by atoms with Gasteiger partial charge in [0.15, 0.2) is 5.82 Å². The van der Waals surface area contributed by atoms with Gasteiger partial charge < -0.3 is 5.32 Å². The molecule has 0 unspecified atom stereocenters. The number of hydrogen-bond donors (Lipinski definition) is 2. The van der Waals surface area contributed by atoms with Gasteiger partial charge in [0, 0.05) is 23.2 Å². The predicted molar refractivity (Wildman–Crippen MR) is 82.5 cm³/mol. The zero-order valence-corrected chi connectivity index (χ0v) is 11.5. The Balaban J connectivity index is 1.57. The normalized spacial score (nSPS) is 14.3. The average Bonchev–Trinajstić information content (AvgIpc) is 3.27. The smallest absolute Gasteiger partial charge is 0.256 e. The standard InChI is InChI=1S/C17H15N3O/c21-17(18-16-10-15(19-20-16)12-6-7-12)14-8-5-11-3-1-2-4-13(11)9-14/h1-5,8-10,12H,6-7H2,(H2,18,19,20,21). The van der Waals surface area contributed by atoms with E-state index in [0.29, 0.717) is 17.3 Å². The molecule has 0 radical (unpaired) electrons. The second-order valence-corrected chi connectivity index (χ2v) is 5.50. The van der Waals surface area contributed by atoms with Crippen LogP contribution in [0, 0.1) is 0 Å². The first-order valence-electron chi connectivity index (χ1n) is 7.15. The molecule has 1 saturated carbocycles. The Morgan fingerprint density at radius 2 is 1.90 bits per heavy atom. The summed E-state index contributed by atoms with van der Waals surface area (Å²) in [5.41, 5.74) is 1.76. The summed E-state index contributed by atoms with van der Waals surface area (Å²) in [7, 11) is 0. The van der Waals surface area contributed by atoms with E-state index < -0.39 is 0 Å². The minimum Gasteiger partial charge on any atom is -0.305 e. The fourth-order valence-corrected chi connectivity index (χ4v) is 2.52. The van der Waals surface area contributed by atoms with Crippen molar-refractivity contribution in [1.29, 1.82) is 0 Å². The highest BCUT2D eigenvalue weighted by molar-refractivity contribution is 6.06. The van der Waals surface area contributed by atoms with Crippen LogP contribution in [0.1, 0.15) is 34.8 Å². The van der Waals surface area contributed by atoms with Crippen molar-refractivity contribution in [3.05, 3.63) is 59.8 Å². The molecule has 4 rings (SSSR count). The molecule has 1 heterocycles. The molecule has 0 bridgehead atoms. The zero-order valence-electron chi connectivity index (χ0n) is 11.5. The number of carbonyl (C=O) groups excluding carboxylic acids is 1. The van der Waals surface area contributed by atoms with Gasteiger partial charge in [-0.2, -0.15) is 5.10 Å². The third-order valence-electron chi connectivity index (χ3n) is 3.87. The van der Waals surface area contributed by atoms with Crippen molar-refractivity contribution < 1.29 is 4.79 Å². The predicted octanol–water partition coefficient (Wildman–Crippen LogP) is 3.69. The fourth-order valence-electron chi connectivity index (χ4n) is 2.52. The van der Waals surface area contributed by atoms with E-state index in [1.54, 1.807) is 0 Å². The molecule has 1 amide bonds. The van der Waals surface area contributed by atoms with Crippen LogP contribution in [0.25, 0.3) is 10.8 Å². The summed E-state index contributed by atoms with van der Waals surface area (Å²) in [6.45, 7) is 0. The Kier molecular flexibility index (Phi) is 2.74. The first kappa shape index (κ1) is 12.1. The number of rotatable bonds is 3. The van der Waals surface area contributed by atoms with E-state index in [0.717, 1.165) is 16.5 Å². The maximum Gasteiger partial charge on any atom is 0.256 e. The Bertz CT molecular complexity index is 818. The molecule has 3 aromatic rings. The molecule has 0 aliphatic heterocycles. The summed E-state index contributed by atoms with van der Waals surface area (Å²) < 4.78 is 0. The van der Waals surface area contributed by atoms with Gasteiger partial charge in [-0.3, -0.25) is 9.89 Å². The van der Waals surface area contributed by atoms with Gasteiger partial charge in [-0.25, -0.2) is 0 Å². The van der Waals surface area contributed by atoms with Crippen LogP contribution in [0.4, 0.5) is 5.82 Å². The van der Waals surface area contributed by atoms with Crippen molar-refractivity contribution >= 4 is 22.5 Å². The Labute approximate surface area is 122 Å². The van der Waals surface area contributed by atoms with Crippen molar-refractivity contribution in [3.8, 4) is 0 Å². The van der Waals surface area contributed by atoms with Gasteiger partial charge in [0.1, 0.15) is 0 Å². The summed E-state index contributed by atoms with van der Waals surface area (Å²) in [6, 6.07) is 15.6. The third-order valence-corrected chi connectivity index (χ3v) is 3.87. The maximum absolute atomic E-state index is 12.3. The highest BCUT2D eigenvalue weighted by Gasteiger charge is 2.25. The summed E-state index contributed by atoms with van der Waals surface area (Å²) in [6.07, 6.45) is 2.42. The Morgan fingerprint density at radius 3 is 2.71 bits per heavy atom. The molecule has 0 spiro atoms. The van der Waals surface area contributed by atoms with E-state index in [9.17, 15) is 4.79 Å². The van der Waals surface area contributed by atoms with Crippen molar-refractivity contribution in [1.82, 2.24) is 10.2 Å². The maximum atomic E-state index is 12.3. The Hall–Kier alpha value is -2.62. The number of nitrogens with one attached hydrogen (secondary N) is 2. The van der Waals surface area contributed by atoms with Gasteiger partial charge in [0.25, 0.3) is 5.91 Å². The second-order valence-electron chi connectivity index (χ2n) is 5.50. The monoisotopic (exact) mass is 277 g/mol. The average molecular weight is 277 g/mol. The van der Waals surface area contributed by atoms with Gasteiger partial charge in [-0.05, 0) is 35.7 Å². The number of H-pyrrole nitrogens is 1. The van der Waals surface area contributed by atoms with Crippen LogP contribution in [-0.2, 0) is 0 Å². The third kappa shape index (κ3) is 2.40. The Morgan fingerprint density at radius 1 is 1.10 bits per heavy atom. The van der Waals surface area contributed by atoms with Crippen molar-refractivity contribution in [2.45, 2.75) is 18.8 Å². The molecule has 4 nitrogen and oxygen atoms in total. The molecule has 0 atom stereocenters. The second kappa shape index (κ2) is 4.74. The zero-order chi connectivity index (χ0) is 14.2. The highest BCUT2D eigenvalue weighted by atomic mass is 16.1. The number of amides is 1. The molecular formula is C17H15N3O. The summed E-state index contributed by atoms with van der Waals surface area (Å²) in [5.74, 6) is 1.06. The molecule has 1 fully saturated rings. The lowest BCUT2D eigenvalue weighted by Gasteiger charge is -2.03. The largest absolute Gasteiger partial charge is 0.305 e. The minimum atomic E-state index is -0.130. The fraction of sp³-hybridized carbons (Fsp3) is 0.176. The summed E-state index contributed by atoms with van der Waals surface area (Å²) in [5, 5.41) is 12.2. The van der Waals surface area contributed by atoms with E-state index in [1.807, 2.05) is 48.5 Å². The van der Waals surface area contributed by atoms with Crippen LogP contribution in [0.5, 0.6) is 0 Å². The van der Waals surface area contributed by atoms with Crippen LogP contribution < -0.4 is 5.32 Å². The molecule has 4 heteroatoms. The lowest BCUT2D eigenvalue weighted by atomic mass is 10.1. The van der Waals surface area contributed by atoms with E-state index in [1.165, 1.54) is 12.8 Å². The highest BCUT2D eigenvalue weighted by Crippen LogP contribution is 2.39. The molecule has 1 aliphatic carbocycles. The van der Waals surface area contributed by atoms with Gasteiger partial charge in [-0.15, -0.1) is 0 Å². The molecule has 21 heavy (non-hydrogen) atoms. The van der Waals surface area contributed by atoms with Crippen LogP contribution in [0.2, 0.25) is 0 Å². The molecule has 2 aromatic carbocycles. The van der Waals surface area contributed by atoms with Gasteiger partial charge in [0.05, 0.1) is 0 Å². The topological polar surface area (TPSA) is 57.8 Å². The number of anilines is 1. The van der Waals surface area contributed by atoms with Crippen molar-refractivity contribution in [2.24, 2.45) is 0 Å². The summed E-state index contributed by atoms with van der Waals surface area (Å²) >= 11 is 0. The quantitative estimate of drug-likeness (QED) is 0.767. The number of fused-ring (bicyclic) bond motifs is 1. The van der Waals surface area contributed by atoms with Gasteiger partial charge in [-0.1, -0.05) is 30.3 Å². The SMILES string of the molecule is O=C(Nc1cc(C2CC2)[nH]n1)c1ccc2ccccc2c1. The minimum absolute atomic E-state index is 0.130. The van der Waals surface area contributed by atoms with E-state index in [4.69, 9.17) is 0 Å². The van der Waals surface area contributed by atoms with Gasteiger partial charge >= 0.3 is 0 Å².